The number of pyridine rings is 1. The Morgan fingerprint density at radius 3 is 2.41 bits per heavy atom. The number of Topliss-reactive ketones (excluding diaryl/α,β-unsaturated/α-hetero) is 1. The molecule has 3 heterocycles. The van der Waals surface area contributed by atoms with Gasteiger partial charge in [-0.2, -0.15) is 4.98 Å². The predicted molar refractivity (Wildman–Crippen MR) is 182 cm³/mol. The zero-order valence-corrected chi connectivity index (χ0v) is 27.6. The topological polar surface area (TPSA) is 124 Å². The molecule has 1 fully saturated rings. The third kappa shape index (κ3) is 7.86. The Hall–Kier alpha value is -5.78. The van der Waals surface area contributed by atoms with Crippen LogP contribution in [0, 0.1) is 5.82 Å². The molecule has 1 saturated heterocycles. The van der Waals surface area contributed by atoms with Crippen molar-refractivity contribution in [2.45, 2.75) is 45.1 Å². The van der Waals surface area contributed by atoms with Gasteiger partial charge in [0.2, 0.25) is 5.95 Å². The van der Waals surface area contributed by atoms with Gasteiger partial charge in [-0.15, -0.1) is 5.10 Å². The van der Waals surface area contributed by atoms with Crippen LogP contribution in [0.1, 0.15) is 44.2 Å². The normalized spacial score (nSPS) is 13.7. The molecule has 0 radical (unpaired) electrons. The van der Waals surface area contributed by atoms with Crippen molar-refractivity contribution >= 4 is 40.8 Å². The SMILES string of the molecule is COc1cc(N2CCOC2=O)ccc1Nc1nc2ccc(-c3ccc(CC(=O)[C@H](CC(=O)OC(C)(C)C)c4ccc(F)cc4)cc3)cn2n1. The molecule has 12 heteroatoms. The maximum Gasteiger partial charge on any atom is 0.414 e. The van der Waals surface area contributed by atoms with Gasteiger partial charge in [-0.1, -0.05) is 36.4 Å². The molecule has 49 heavy (non-hydrogen) atoms. The lowest BCUT2D eigenvalue weighted by Crippen LogP contribution is -2.27. The molecule has 5 aromatic rings. The molecule has 3 aromatic carbocycles. The highest BCUT2D eigenvalue weighted by Crippen LogP contribution is 2.33. The van der Waals surface area contributed by atoms with Crippen LogP contribution in [0.4, 0.5) is 26.5 Å². The van der Waals surface area contributed by atoms with E-state index in [0.717, 1.165) is 16.7 Å². The zero-order chi connectivity index (χ0) is 34.7. The molecule has 1 aliphatic heterocycles. The summed E-state index contributed by atoms with van der Waals surface area (Å²) >= 11 is 0. The monoisotopic (exact) mass is 665 g/mol. The second kappa shape index (κ2) is 13.8. The van der Waals surface area contributed by atoms with E-state index in [1.165, 1.54) is 24.3 Å². The number of carbonyl (C=O) groups is 3. The van der Waals surface area contributed by atoms with E-state index in [4.69, 9.17) is 14.2 Å². The van der Waals surface area contributed by atoms with Gasteiger partial charge in [-0.3, -0.25) is 14.5 Å². The van der Waals surface area contributed by atoms with E-state index in [9.17, 15) is 18.8 Å². The molecule has 1 atom stereocenters. The van der Waals surface area contributed by atoms with Gasteiger partial charge in [0.25, 0.3) is 0 Å². The summed E-state index contributed by atoms with van der Waals surface area (Å²) in [5.41, 5.74) is 4.37. The van der Waals surface area contributed by atoms with Crippen molar-refractivity contribution in [2.75, 3.05) is 30.5 Å². The number of fused-ring (bicyclic) bond motifs is 1. The Bertz CT molecular complexity index is 2000. The molecular formula is C37H36FN5O6. The summed E-state index contributed by atoms with van der Waals surface area (Å²) in [4.78, 5) is 44.3. The molecular weight excluding hydrogens is 629 g/mol. The molecule has 0 saturated carbocycles. The van der Waals surface area contributed by atoms with Crippen molar-refractivity contribution in [1.82, 2.24) is 14.6 Å². The Kier molecular flexibility index (Phi) is 9.30. The van der Waals surface area contributed by atoms with Gasteiger partial charge < -0.3 is 19.5 Å². The number of carbonyl (C=O) groups excluding carboxylic acids is 3. The number of ketones is 1. The third-order valence-corrected chi connectivity index (χ3v) is 7.95. The average molecular weight is 666 g/mol. The molecule has 1 N–H and O–H groups in total. The maximum atomic E-state index is 13.6. The predicted octanol–water partition coefficient (Wildman–Crippen LogP) is 6.87. The number of hydrogen-bond acceptors (Lipinski definition) is 9. The number of aromatic nitrogens is 3. The van der Waals surface area contributed by atoms with E-state index in [1.807, 2.05) is 42.6 Å². The van der Waals surface area contributed by atoms with Gasteiger partial charge in [0.15, 0.2) is 5.65 Å². The fourth-order valence-corrected chi connectivity index (χ4v) is 5.61. The average Bonchev–Trinajstić information content (AvgIpc) is 3.68. The second-order valence-corrected chi connectivity index (χ2v) is 12.7. The smallest absolute Gasteiger partial charge is 0.414 e. The Morgan fingerprint density at radius 1 is 1.00 bits per heavy atom. The fourth-order valence-electron chi connectivity index (χ4n) is 5.61. The fraction of sp³-hybridized carbons (Fsp3) is 0.270. The first-order valence-electron chi connectivity index (χ1n) is 15.8. The number of nitrogens with zero attached hydrogens (tertiary/aromatic N) is 4. The van der Waals surface area contributed by atoms with Gasteiger partial charge in [0.1, 0.15) is 29.6 Å². The van der Waals surface area contributed by atoms with E-state index >= 15 is 0 Å². The number of cyclic esters (lactones) is 1. The van der Waals surface area contributed by atoms with E-state index in [1.54, 1.807) is 55.5 Å². The van der Waals surface area contributed by atoms with Crippen LogP contribution in [0.25, 0.3) is 16.8 Å². The van der Waals surface area contributed by atoms with Gasteiger partial charge in [0.05, 0.1) is 37.4 Å². The van der Waals surface area contributed by atoms with Crippen molar-refractivity contribution in [1.29, 1.82) is 0 Å². The number of rotatable bonds is 11. The molecule has 252 valence electrons. The molecule has 0 unspecified atom stereocenters. The van der Waals surface area contributed by atoms with Crippen LogP contribution in [0.2, 0.25) is 0 Å². The summed E-state index contributed by atoms with van der Waals surface area (Å²) in [6.07, 6.45) is 1.42. The van der Waals surface area contributed by atoms with Crippen molar-refractivity contribution in [3.63, 3.8) is 0 Å². The number of nitrogens with one attached hydrogen (secondary N) is 1. The maximum absolute atomic E-state index is 13.6. The lowest BCUT2D eigenvalue weighted by Gasteiger charge is -2.22. The van der Waals surface area contributed by atoms with E-state index in [2.05, 4.69) is 15.4 Å². The Balaban J connectivity index is 1.15. The molecule has 1 amide bonds. The third-order valence-electron chi connectivity index (χ3n) is 7.95. The highest BCUT2D eigenvalue weighted by Gasteiger charge is 2.27. The Labute approximate surface area is 282 Å². The molecule has 2 aromatic heterocycles. The number of amides is 1. The minimum absolute atomic E-state index is 0.0921. The van der Waals surface area contributed by atoms with Crippen LogP contribution in [0.5, 0.6) is 5.75 Å². The molecule has 0 aliphatic carbocycles. The largest absolute Gasteiger partial charge is 0.494 e. The van der Waals surface area contributed by atoms with Crippen LogP contribution in [-0.2, 0) is 25.5 Å². The lowest BCUT2D eigenvalue weighted by atomic mass is 9.88. The Morgan fingerprint density at radius 2 is 1.73 bits per heavy atom. The van der Waals surface area contributed by atoms with Crippen LogP contribution >= 0.6 is 0 Å². The van der Waals surface area contributed by atoms with Crippen molar-refractivity contribution in [2.24, 2.45) is 0 Å². The number of anilines is 3. The molecule has 1 aliphatic rings. The van der Waals surface area contributed by atoms with Gasteiger partial charge in [-0.25, -0.2) is 13.7 Å². The lowest BCUT2D eigenvalue weighted by molar-refractivity contribution is -0.156. The minimum atomic E-state index is -0.769. The zero-order valence-electron chi connectivity index (χ0n) is 27.6. The standard InChI is InChI=1S/C37H36FN5O6/c1-37(2,3)49-34(45)21-29(25-9-12-27(38)13-10-25)31(44)19-23-5-7-24(8-6-23)26-11-16-33-40-35(41-43(33)22-26)39-30-15-14-28(20-32(30)47-4)42-17-18-48-36(42)46/h5-16,20,22,29H,17-19,21H2,1-4H3,(H,39,41)/t29-/m1/s1. The number of methoxy groups -OCH3 is 1. The molecule has 0 spiro atoms. The van der Waals surface area contributed by atoms with Gasteiger partial charge in [0, 0.05) is 24.2 Å². The van der Waals surface area contributed by atoms with E-state index in [0.29, 0.717) is 47.4 Å². The number of benzene rings is 3. The van der Waals surface area contributed by atoms with Crippen LogP contribution in [-0.4, -0.2) is 58.3 Å². The highest BCUT2D eigenvalue weighted by molar-refractivity contribution is 5.92. The van der Waals surface area contributed by atoms with Crippen LogP contribution in [0.3, 0.4) is 0 Å². The summed E-state index contributed by atoms with van der Waals surface area (Å²) in [6.45, 7) is 6.12. The quantitative estimate of drug-likeness (QED) is 0.151. The van der Waals surface area contributed by atoms with Crippen molar-refractivity contribution in [3.8, 4) is 16.9 Å². The first-order valence-corrected chi connectivity index (χ1v) is 15.8. The molecule has 6 rings (SSSR count). The van der Waals surface area contributed by atoms with Crippen LogP contribution < -0.4 is 15.0 Å². The summed E-state index contributed by atoms with van der Waals surface area (Å²) in [5, 5.41) is 7.78. The number of esters is 1. The van der Waals surface area contributed by atoms with Crippen LogP contribution in [0.15, 0.2) is 85.1 Å². The number of ether oxygens (including phenoxy) is 3. The summed E-state index contributed by atoms with van der Waals surface area (Å²) < 4.78 is 31.4. The molecule has 11 nitrogen and oxygen atoms in total. The van der Waals surface area contributed by atoms with Gasteiger partial charge in [-0.05, 0) is 73.9 Å². The van der Waals surface area contributed by atoms with Crippen molar-refractivity contribution < 1.29 is 33.0 Å². The first-order chi connectivity index (χ1) is 23.5. The summed E-state index contributed by atoms with van der Waals surface area (Å²) in [7, 11) is 1.55. The molecule has 0 bridgehead atoms. The summed E-state index contributed by atoms with van der Waals surface area (Å²) in [6, 6.07) is 22.4. The van der Waals surface area contributed by atoms with E-state index in [-0.39, 0.29) is 18.6 Å². The van der Waals surface area contributed by atoms with Gasteiger partial charge >= 0.3 is 12.1 Å². The minimum Gasteiger partial charge on any atom is -0.494 e. The summed E-state index contributed by atoms with van der Waals surface area (Å²) in [5.74, 6) is -0.967. The second-order valence-electron chi connectivity index (χ2n) is 12.7. The number of halogens is 1. The first kappa shape index (κ1) is 33.1. The van der Waals surface area contributed by atoms with E-state index < -0.39 is 29.4 Å². The highest BCUT2D eigenvalue weighted by atomic mass is 19.1. The number of hydrogen-bond donors (Lipinski definition) is 1. The van der Waals surface area contributed by atoms with Crippen molar-refractivity contribution in [3.05, 3.63) is 102 Å².